The van der Waals surface area contributed by atoms with Crippen LogP contribution < -0.4 is 10.2 Å². The van der Waals surface area contributed by atoms with Gasteiger partial charge in [-0.25, -0.2) is 17.8 Å². The number of hydrogen-bond acceptors (Lipinski definition) is 7. The molecule has 0 aliphatic carbocycles. The van der Waals surface area contributed by atoms with Crippen molar-refractivity contribution in [3.8, 4) is 0 Å². The number of nitrogens with one attached hydrogen (secondary N) is 1. The number of para-hydroxylation sites is 1. The lowest BCUT2D eigenvalue weighted by molar-refractivity contribution is -0.115. The molecule has 39 heavy (non-hydrogen) atoms. The molecule has 0 saturated carbocycles. The fourth-order valence-electron chi connectivity index (χ4n) is 4.90. The van der Waals surface area contributed by atoms with Crippen LogP contribution in [0.25, 0.3) is 0 Å². The van der Waals surface area contributed by atoms with E-state index >= 15 is 4.39 Å². The van der Waals surface area contributed by atoms with Gasteiger partial charge in [-0.3, -0.25) is 9.59 Å². The summed E-state index contributed by atoms with van der Waals surface area (Å²) in [6.07, 6.45) is 3.34. The molecule has 1 aromatic heterocycles. The number of rotatable bonds is 8. The van der Waals surface area contributed by atoms with E-state index in [2.05, 4.69) is 15.2 Å². The number of hydrogen-bond donors (Lipinski definition) is 1. The van der Waals surface area contributed by atoms with Gasteiger partial charge >= 0.3 is 0 Å². The Kier molecular flexibility index (Phi) is 8.32. The first-order chi connectivity index (χ1) is 18.7. The summed E-state index contributed by atoms with van der Waals surface area (Å²) < 4.78 is 41.1. The van der Waals surface area contributed by atoms with Crippen LogP contribution in [0.15, 0.2) is 47.4 Å². The molecule has 3 aromatic rings. The zero-order valence-corrected chi connectivity index (χ0v) is 23.5. The van der Waals surface area contributed by atoms with Gasteiger partial charge in [-0.05, 0) is 49.7 Å². The van der Waals surface area contributed by atoms with Crippen LogP contribution in [0.2, 0.25) is 5.02 Å². The molecule has 3 heterocycles. The van der Waals surface area contributed by atoms with E-state index in [0.29, 0.717) is 40.8 Å². The predicted molar refractivity (Wildman–Crippen MR) is 150 cm³/mol. The lowest BCUT2D eigenvalue weighted by Gasteiger charge is -2.26. The number of benzene rings is 2. The second-order valence-electron chi connectivity index (χ2n) is 9.63. The van der Waals surface area contributed by atoms with Crippen LogP contribution in [-0.4, -0.2) is 62.0 Å². The quantitative estimate of drug-likeness (QED) is 0.412. The molecule has 0 bridgehead atoms. The molecule has 0 atom stereocenters. The fourth-order valence-corrected chi connectivity index (χ4v) is 7.52. The van der Waals surface area contributed by atoms with E-state index in [1.807, 2.05) is 0 Å². The van der Waals surface area contributed by atoms with Crippen LogP contribution in [0.4, 0.5) is 15.2 Å². The number of nitrogens with zero attached hydrogens (tertiary/aromatic N) is 3. The van der Waals surface area contributed by atoms with Crippen molar-refractivity contribution in [1.29, 1.82) is 0 Å². The maximum absolute atomic E-state index is 15.3. The standard InChI is InChI=1S/C27H28ClFN4O4S2/c28-19-8-2-3-9-21(19)33-14-11-20-25(26(33)35)38-27(30-20)31-23(34)17-18-7-6-10-22(24(18)29)39(36,37)16-15-32-12-4-1-5-13-32/h2-3,6-10H,1,4-5,11-17H2,(H,30,31,34). The Balaban J connectivity index is 1.25. The van der Waals surface area contributed by atoms with Gasteiger partial charge < -0.3 is 15.1 Å². The van der Waals surface area contributed by atoms with E-state index in [1.54, 1.807) is 29.2 Å². The number of anilines is 2. The average molecular weight is 591 g/mol. The monoisotopic (exact) mass is 590 g/mol. The molecule has 206 valence electrons. The first kappa shape index (κ1) is 27.7. The van der Waals surface area contributed by atoms with Crippen molar-refractivity contribution in [3.63, 3.8) is 0 Å². The molecule has 5 rings (SSSR count). The number of likely N-dealkylation sites (tertiary alicyclic amines) is 1. The minimum absolute atomic E-state index is 0.0196. The summed E-state index contributed by atoms with van der Waals surface area (Å²) in [5, 5.41) is 3.33. The number of sulfone groups is 1. The maximum atomic E-state index is 15.3. The summed E-state index contributed by atoms with van der Waals surface area (Å²) in [7, 11) is -3.86. The highest BCUT2D eigenvalue weighted by Gasteiger charge is 2.31. The summed E-state index contributed by atoms with van der Waals surface area (Å²) in [6.45, 7) is 2.45. The molecule has 0 unspecified atom stereocenters. The van der Waals surface area contributed by atoms with Gasteiger partial charge in [-0.2, -0.15) is 0 Å². The van der Waals surface area contributed by atoms with E-state index in [0.717, 1.165) is 43.7 Å². The van der Waals surface area contributed by atoms with Crippen molar-refractivity contribution < 1.29 is 22.4 Å². The average Bonchev–Trinajstić information content (AvgIpc) is 3.33. The van der Waals surface area contributed by atoms with Crippen molar-refractivity contribution in [1.82, 2.24) is 9.88 Å². The van der Waals surface area contributed by atoms with Gasteiger partial charge in [0.05, 0.1) is 28.6 Å². The minimum Gasteiger partial charge on any atom is -0.306 e. The third kappa shape index (κ3) is 6.16. The van der Waals surface area contributed by atoms with Gasteiger partial charge in [-0.15, -0.1) is 0 Å². The SMILES string of the molecule is O=C(Cc1cccc(S(=O)(=O)CCN2CCCCC2)c1F)Nc1nc2c(s1)C(=O)N(c1ccccc1Cl)CC2. The zero-order chi connectivity index (χ0) is 27.6. The van der Waals surface area contributed by atoms with Crippen molar-refractivity contribution in [2.24, 2.45) is 0 Å². The lowest BCUT2D eigenvalue weighted by Crippen LogP contribution is -2.37. The number of halogens is 2. The Labute approximate surface area is 235 Å². The lowest BCUT2D eigenvalue weighted by atomic mass is 10.1. The molecule has 0 radical (unpaired) electrons. The first-order valence-electron chi connectivity index (χ1n) is 12.8. The predicted octanol–water partition coefficient (Wildman–Crippen LogP) is 4.58. The van der Waals surface area contributed by atoms with Gasteiger partial charge in [-0.1, -0.05) is 53.6 Å². The van der Waals surface area contributed by atoms with E-state index in [9.17, 15) is 18.0 Å². The highest BCUT2D eigenvalue weighted by atomic mass is 35.5. The normalized spacial score (nSPS) is 16.3. The maximum Gasteiger partial charge on any atom is 0.270 e. The van der Waals surface area contributed by atoms with Crippen LogP contribution in [0, 0.1) is 5.82 Å². The van der Waals surface area contributed by atoms with Crippen molar-refractivity contribution in [2.75, 3.05) is 42.1 Å². The number of aromatic nitrogens is 1. The Morgan fingerprint density at radius 2 is 1.85 bits per heavy atom. The topological polar surface area (TPSA) is 99.7 Å². The molecular weight excluding hydrogens is 563 g/mol. The van der Waals surface area contributed by atoms with Crippen LogP contribution in [-0.2, 0) is 27.5 Å². The summed E-state index contributed by atoms with van der Waals surface area (Å²) in [5.74, 6) is -1.90. The van der Waals surface area contributed by atoms with Crippen LogP contribution in [0.5, 0.6) is 0 Å². The highest BCUT2D eigenvalue weighted by Crippen LogP contribution is 2.34. The second kappa shape index (κ2) is 11.7. The number of fused-ring (bicyclic) bond motifs is 1. The Hall–Kier alpha value is -2.86. The van der Waals surface area contributed by atoms with Crippen LogP contribution in [0.3, 0.4) is 0 Å². The van der Waals surface area contributed by atoms with Gasteiger partial charge in [0, 0.05) is 19.5 Å². The van der Waals surface area contributed by atoms with Crippen molar-refractivity contribution in [3.05, 3.63) is 69.4 Å². The van der Waals surface area contributed by atoms with E-state index in [-0.39, 0.29) is 33.7 Å². The van der Waals surface area contributed by atoms with Gasteiger partial charge in [0.2, 0.25) is 5.91 Å². The molecule has 1 saturated heterocycles. The Morgan fingerprint density at radius 1 is 1.08 bits per heavy atom. The number of carbonyl (C=O) groups excluding carboxylic acids is 2. The van der Waals surface area contributed by atoms with E-state index in [1.165, 1.54) is 18.2 Å². The largest absolute Gasteiger partial charge is 0.306 e. The molecule has 8 nitrogen and oxygen atoms in total. The third-order valence-electron chi connectivity index (χ3n) is 6.95. The number of thiazole rings is 1. The van der Waals surface area contributed by atoms with Gasteiger partial charge in [0.1, 0.15) is 15.6 Å². The Morgan fingerprint density at radius 3 is 2.62 bits per heavy atom. The van der Waals surface area contributed by atoms with E-state index < -0.39 is 21.6 Å². The molecule has 2 aliphatic rings. The summed E-state index contributed by atoms with van der Waals surface area (Å²) in [6, 6.07) is 11.2. The zero-order valence-electron chi connectivity index (χ0n) is 21.2. The summed E-state index contributed by atoms with van der Waals surface area (Å²) in [4.78, 5) is 34.0. The smallest absolute Gasteiger partial charge is 0.270 e. The molecule has 12 heteroatoms. The molecule has 1 fully saturated rings. The molecule has 2 aliphatic heterocycles. The Bertz CT molecular complexity index is 1510. The van der Waals surface area contributed by atoms with Crippen molar-refractivity contribution >= 4 is 55.4 Å². The summed E-state index contributed by atoms with van der Waals surface area (Å²) in [5.41, 5.74) is 1.17. The second-order valence-corrected chi connectivity index (χ2v) is 13.1. The van der Waals surface area contributed by atoms with Crippen LogP contribution in [0.1, 0.15) is 40.2 Å². The molecular formula is C27H28ClFN4O4S2. The molecule has 2 amide bonds. The van der Waals surface area contributed by atoms with Crippen molar-refractivity contribution in [2.45, 2.75) is 37.0 Å². The molecule has 1 N–H and O–H groups in total. The third-order valence-corrected chi connectivity index (χ3v) is 9.98. The van der Waals surface area contributed by atoms with Gasteiger partial charge in [0.25, 0.3) is 5.91 Å². The van der Waals surface area contributed by atoms with Crippen LogP contribution >= 0.6 is 22.9 Å². The first-order valence-corrected chi connectivity index (χ1v) is 15.7. The molecule has 2 aromatic carbocycles. The number of amides is 2. The number of piperidine rings is 1. The fraction of sp³-hybridized carbons (Fsp3) is 0.370. The van der Waals surface area contributed by atoms with E-state index in [4.69, 9.17) is 11.6 Å². The van der Waals surface area contributed by atoms with Gasteiger partial charge in [0.15, 0.2) is 15.0 Å². The minimum atomic E-state index is -3.86. The molecule has 0 spiro atoms. The highest BCUT2D eigenvalue weighted by molar-refractivity contribution is 7.91. The summed E-state index contributed by atoms with van der Waals surface area (Å²) >= 11 is 7.32. The number of carbonyl (C=O) groups is 2.